The summed E-state index contributed by atoms with van der Waals surface area (Å²) in [5.74, 6) is 0.356. The first kappa shape index (κ1) is 22.8. The largest absolute Gasteiger partial charge is 0.481 e. The molecule has 1 atom stereocenters. The van der Waals surface area contributed by atoms with Gasteiger partial charge in [0.25, 0.3) is 5.91 Å². The second kappa shape index (κ2) is 9.82. The number of nitrogens with zero attached hydrogens (tertiary/aromatic N) is 3. The van der Waals surface area contributed by atoms with Crippen LogP contribution in [0.3, 0.4) is 0 Å². The SMILES string of the molecule is CCOC(=O)N1CCN(C(=O)C(CC)Oc2ccc(N(C)S(C)(=O)=O)cc2)CC1. The van der Waals surface area contributed by atoms with E-state index in [1.165, 1.54) is 11.4 Å². The molecule has 1 aromatic carbocycles. The number of benzene rings is 1. The summed E-state index contributed by atoms with van der Waals surface area (Å²) in [4.78, 5) is 27.9. The lowest BCUT2D eigenvalue weighted by atomic mass is 10.2. The summed E-state index contributed by atoms with van der Waals surface area (Å²) in [5, 5.41) is 0. The number of amides is 2. The van der Waals surface area contributed by atoms with Crippen molar-refractivity contribution >= 4 is 27.7 Å². The van der Waals surface area contributed by atoms with Crippen LogP contribution in [0.15, 0.2) is 24.3 Å². The third kappa shape index (κ3) is 5.99. The Morgan fingerprint density at radius 2 is 1.62 bits per heavy atom. The van der Waals surface area contributed by atoms with Crippen molar-refractivity contribution in [2.24, 2.45) is 0 Å². The van der Waals surface area contributed by atoms with E-state index in [2.05, 4.69) is 0 Å². The Morgan fingerprint density at radius 3 is 2.10 bits per heavy atom. The molecule has 0 aliphatic carbocycles. The maximum atomic E-state index is 12.8. The van der Waals surface area contributed by atoms with Gasteiger partial charge in [-0.1, -0.05) is 6.92 Å². The van der Waals surface area contributed by atoms with Gasteiger partial charge in [0.1, 0.15) is 5.75 Å². The summed E-state index contributed by atoms with van der Waals surface area (Å²) in [6.45, 7) is 5.64. The molecule has 1 fully saturated rings. The number of piperazine rings is 1. The molecule has 1 unspecified atom stereocenters. The fourth-order valence-corrected chi connectivity index (χ4v) is 3.43. The topological polar surface area (TPSA) is 96.5 Å². The molecule has 1 heterocycles. The monoisotopic (exact) mass is 427 g/mol. The van der Waals surface area contributed by atoms with Crippen LogP contribution in [0.1, 0.15) is 20.3 Å². The first-order valence-electron chi connectivity index (χ1n) is 9.58. The molecule has 2 amide bonds. The second-order valence-corrected chi connectivity index (χ2v) is 8.76. The lowest BCUT2D eigenvalue weighted by molar-refractivity contribution is -0.140. The van der Waals surface area contributed by atoms with Gasteiger partial charge in [0.2, 0.25) is 10.0 Å². The van der Waals surface area contributed by atoms with Gasteiger partial charge in [-0.05, 0) is 37.6 Å². The van der Waals surface area contributed by atoms with Crippen LogP contribution in [-0.4, -0.2) is 82.4 Å². The number of carbonyl (C=O) groups excluding carboxylic acids is 2. The van der Waals surface area contributed by atoms with Crippen LogP contribution in [0.2, 0.25) is 0 Å². The van der Waals surface area contributed by atoms with Gasteiger partial charge in [-0.15, -0.1) is 0 Å². The van der Waals surface area contributed by atoms with E-state index in [0.717, 1.165) is 6.26 Å². The third-order valence-electron chi connectivity index (χ3n) is 4.74. The number of ether oxygens (including phenoxy) is 2. The highest BCUT2D eigenvalue weighted by molar-refractivity contribution is 7.92. The molecule has 2 rings (SSSR count). The van der Waals surface area contributed by atoms with Gasteiger partial charge in [-0.25, -0.2) is 13.2 Å². The molecule has 0 radical (unpaired) electrons. The van der Waals surface area contributed by atoms with Gasteiger partial charge in [-0.2, -0.15) is 0 Å². The van der Waals surface area contributed by atoms with Crippen LogP contribution < -0.4 is 9.04 Å². The molecule has 10 heteroatoms. The fraction of sp³-hybridized carbons (Fsp3) is 0.579. The minimum Gasteiger partial charge on any atom is -0.481 e. The predicted octanol–water partition coefficient (Wildman–Crippen LogP) is 1.54. The summed E-state index contributed by atoms with van der Waals surface area (Å²) in [6.07, 6.45) is 0.608. The van der Waals surface area contributed by atoms with Crippen LogP contribution in [-0.2, 0) is 19.6 Å². The quantitative estimate of drug-likeness (QED) is 0.655. The average molecular weight is 428 g/mol. The van der Waals surface area contributed by atoms with E-state index in [4.69, 9.17) is 9.47 Å². The molecule has 162 valence electrons. The normalized spacial score (nSPS) is 15.6. The Morgan fingerprint density at radius 1 is 1.07 bits per heavy atom. The number of sulfonamides is 1. The van der Waals surface area contributed by atoms with Crippen molar-refractivity contribution in [2.75, 3.05) is 50.4 Å². The molecular formula is C19H29N3O6S. The maximum Gasteiger partial charge on any atom is 0.409 e. The smallest absolute Gasteiger partial charge is 0.409 e. The minimum atomic E-state index is -3.34. The van der Waals surface area contributed by atoms with E-state index in [0.29, 0.717) is 50.6 Å². The van der Waals surface area contributed by atoms with Crippen molar-refractivity contribution in [3.05, 3.63) is 24.3 Å². The second-order valence-electron chi connectivity index (χ2n) is 6.75. The summed E-state index contributed by atoms with van der Waals surface area (Å²) in [6, 6.07) is 6.55. The van der Waals surface area contributed by atoms with Crippen molar-refractivity contribution in [3.63, 3.8) is 0 Å². The van der Waals surface area contributed by atoms with E-state index in [-0.39, 0.29) is 12.0 Å². The predicted molar refractivity (Wildman–Crippen MR) is 110 cm³/mol. The standard InChI is InChI=1S/C19H29N3O6S/c1-5-17(18(23)21-11-13-22(14-12-21)19(24)27-6-2)28-16-9-7-15(8-10-16)20(3)29(4,25)26/h7-10,17H,5-6,11-14H2,1-4H3. The molecule has 1 aliphatic rings. The molecule has 1 saturated heterocycles. The molecule has 1 aliphatic heterocycles. The van der Waals surface area contributed by atoms with Gasteiger partial charge in [-0.3, -0.25) is 9.10 Å². The van der Waals surface area contributed by atoms with Gasteiger partial charge in [0.15, 0.2) is 6.10 Å². The maximum absolute atomic E-state index is 12.8. The Hall–Kier alpha value is -2.49. The summed E-state index contributed by atoms with van der Waals surface area (Å²) < 4.78 is 35.2. The van der Waals surface area contributed by atoms with Crippen molar-refractivity contribution in [3.8, 4) is 5.75 Å². The first-order chi connectivity index (χ1) is 13.7. The zero-order valence-corrected chi connectivity index (χ0v) is 18.1. The summed E-state index contributed by atoms with van der Waals surface area (Å²) in [5.41, 5.74) is 0.509. The lowest BCUT2D eigenvalue weighted by Crippen LogP contribution is -2.53. The summed E-state index contributed by atoms with van der Waals surface area (Å²) >= 11 is 0. The molecule has 0 N–H and O–H groups in total. The van der Waals surface area contributed by atoms with Gasteiger partial charge < -0.3 is 19.3 Å². The molecule has 0 bridgehead atoms. The molecular weight excluding hydrogens is 398 g/mol. The molecule has 0 spiro atoms. The minimum absolute atomic E-state index is 0.131. The Balaban J connectivity index is 1.96. The van der Waals surface area contributed by atoms with Crippen LogP contribution in [0, 0.1) is 0 Å². The molecule has 0 saturated carbocycles. The number of rotatable bonds is 7. The zero-order valence-electron chi connectivity index (χ0n) is 17.3. The number of hydrogen-bond donors (Lipinski definition) is 0. The molecule has 0 aromatic heterocycles. The van der Waals surface area contributed by atoms with Crippen LogP contribution >= 0.6 is 0 Å². The van der Waals surface area contributed by atoms with Gasteiger partial charge >= 0.3 is 6.09 Å². The number of anilines is 1. The van der Waals surface area contributed by atoms with E-state index in [1.54, 1.807) is 41.0 Å². The van der Waals surface area contributed by atoms with Crippen LogP contribution in [0.25, 0.3) is 0 Å². The zero-order chi connectivity index (χ0) is 21.6. The van der Waals surface area contributed by atoms with Crippen molar-refractivity contribution < 1.29 is 27.5 Å². The highest BCUT2D eigenvalue weighted by Gasteiger charge is 2.29. The van der Waals surface area contributed by atoms with Gasteiger partial charge in [0, 0.05) is 33.2 Å². The van der Waals surface area contributed by atoms with E-state index >= 15 is 0 Å². The summed E-state index contributed by atoms with van der Waals surface area (Å²) in [7, 11) is -1.87. The van der Waals surface area contributed by atoms with E-state index < -0.39 is 16.1 Å². The Labute approximate surface area is 172 Å². The van der Waals surface area contributed by atoms with E-state index in [1.807, 2.05) is 6.92 Å². The number of hydrogen-bond acceptors (Lipinski definition) is 6. The highest BCUT2D eigenvalue weighted by Crippen LogP contribution is 2.22. The van der Waals surface area contributed by atoms with Crippen LogP contribution in [0.5, 0.6) is 5.75 Å². The number of carbonyl (C=O) groups is 2. The average Bonchev–Trinajstić information content (AvgIpc) is 2.71. The Kier molecular flexibility index (Phi) is 7.72. The highest BCUT2D eigenvalue weighted by atomic mass is 32.2. The van der Waals surface area contributed by atoms with Crippen molar-refractivity contribution in [1.82, 2.24) is 9.80 Å². The van der Waals surface area contributed by atoms with Crippen LogP contribution in [0.4, 0.5) is 10.5 Å². The lowest BCUT2D eigenvalue weighted by Gasteiger charge is -2.35. The first-order valence-corrected chi connectivity index (χ1v) is 11.4. The molecule has 29 heavy (non-hydrogen) atoms. The van der Waals surface area contributed by atoms with E-state index in [9.17, 15) is 18.0 Å². The van der Waals surface area contributed by atoms with Crippen molar-refractivity contribution in [2.45, 2.75) is 26.4 Å². The third-order valence-corrected chi connectivity index (χ3v) is 5.95. The fourth-order valence-electron chi connectivity index (χ4n) is 2.93. The molecule has 9 nitrogen and oxygen atoms in total. The van der Waals surface area contributed by atoms with Gasteiger partial charge in [0.05, 0.1) is 18.6 Å². The Bertz CT molecular complexity index is 804. The van der Waals surface area contributed by atoms with Crippen molar-refractivity contribution in [1.29, 1.82) is 0 Å². The molecule has 1 aromatic rings.